The van der Waals surface area contributed by atoms with Crippen LogP contribution in [-0.2, 0) is 16.6 Å². The van der Waals surface area contributed by atoms with Gasteiger partial charge in [0.05, 0.1) is 26.0 Å². The number of morpholine rings is 1. The third-order valence-corrected chi connectivity index (χ3v) is 2.90. The largest absolute Gasteiger partial charge is 0.477 e. The predicted molar refractivity (Wildman–Crippen MR) is 66.1 cm³/mol. The van der Waals surface area contributed by atoms with E-state index in [1.54, 1.807) is 7.05 Å². The first-order chi connectivity index (χ1) is 9.08. The van der Waals surface area contributed by atoms with Crippen molar-refractivity contribution in [3.8, 4) is 0 Å². The van der Waals surface area contributed by atoms with E-state index in [1.807, 2.05) is 4.90 Å². The van der Waals surface area contributed by atoms with Gasteiger partial charge in [0.1, 0.15) is 11.4 Å². The van der Waals surface area contributed by atoms with Crippen LogP contribution in [0.3, 0.4) is 0 Å². The second-order valence-corrected chi connectivity index (χ2v) is 4.27. The highest BCUT2D eigenvalue weighted by molar-refractivity contribution is 5.99. The maximum atomic E-state index is 11.9. The van der Waals surface area contributed by atoms with Gasteiger partial charge in [-0.3, -0.25) is 14.4 Å². The summed E-state index contributed by atoms with van der Waals surface area (Å²) in [5.74, 6) is -1.17. The molecule has 0 aliphatic carbocycles. The standard InChI is InChI=1S/C11H16N4O4/c1-14-10(8(6-12-14)11(17)18)13-9(16)7-15-2-4-19-5-3-15/h6H,2-5,7H2,1H3,(H,13,16)(H,17,18). The molecule has 2 rings (SSSR count). The Hall–Kier alpha value is -1.93. The van der Waals surface area contributed by atoms with Crippen molar-refractivity contribution in [1.29, 1.82) is 0 Å². The number of anilines is 1. The van der Waals surface area contributed by atoms with Gasteiger partial charge in [0.15, 0.2) is 0 Å². The van der Waals surface area contributed by atoms with E-state index in [9.17, 15) is 9.59 Å². The van der Waals surface area contributed by atoms with Crippen molar-refractivity contribution < 1.29 is 19.4 Å². The van der Waals surface area contributed by atoms with Gasteiger partial charge in [0.2, 0.25) is 5.91 Å². The van der Waals surface area contributed by atoms with Crippen molar-refractivity contribution in [3.05, 3.63) is 11.8 Å². The molecule has 1 aliphatic heterocycles. The molecule has 8 heteroatoms. The van der Waals surface area contributed by atoms with Crippen LogP contribution in [0.1, 0.15) is 10.4 Å². The number of carboxylic acid groups (broad SMARTS) is 1. The molecular weight excluding hydrogens is 252 g/mol. The summed E-state index contributed by atoms with van der Waals surface area (Å²) < 4.78 is 6.53. The number of aromatic carboxylic acids is 1. The third kappa shape index (κ3) is 3.30. The van der Waals surface area contributed by atoms with Gasteiger partial charge in [-0.05, 0) is 0 Å². The van der Waals surface area contributed by atoms with E-state index in [-0.39, 0.29) is 23.8 Å². The number of carboxylic acids is 1. The van der Waals surface area contributed by atoms with Gasteiger partial charge in [0.25, 0.3) is 0 Å². The molecule has 1 saturated heterocycles. The molecule has 0 atom stereocenters. The molecule has 8 nitrogen and oxygen atoms in total. The highest BCUT2D eigenvalue weighted by Gasteiger charge is 2.19. The van der Waals surface area contributed by atoms with Crippen molar-refractivity contribution in [1.82, 2.24) is 14.7 Å². The molecule has 2 N–H and O–H groups in total. The summed E-state index contributed by atoms with van der Waals surface area (Å²) in [5.41, 5.74) is -0.0159. The minimum absolute atomic E-state index is 0.0159. The molecule has 2 heterocycles. The molecule has 19 heavy (non-hydrogen) atoms. The predicted octanol–water partition coefficient (Wildman–Crippen LogP) is -0.611. The molecule has 0 unspecified atom stereocenters. The number of aryl methyl sites for hydroxylation is 1. The first kappa shape index (κ1) is 13.5. The van der Waals surface area contributed by atoms with E-state index >= 15 is 0 Å². The summed E-state index contributed by atoms with van der Waals surface area (Å²) in [7, 11) is 1.58. The normalized spacial score (nSPS) is 16.3. The summed E-state index contributed by atoms with van der Waals surface area (Å²) in [6, 6.07) is 0. The molecule has 1 fully saturated rings. The van der Waals surface area contributed by atoms with Crippen LogP contribution < -0.4 is 5.32 Å². The lowest BCUT2D eigenvalue weighted by molar-refractivity contribution is -0.118. The quantitative estimate of drug-likeness (QED) is 0.756. The molecule has 0 aromatic carbocycles. The lowest BCUT2D eigenvalue weighted by Crippen LogP contribution is -2.41. The summed E-state index contributed by atoms with van der Waals surface area (Å²) >= 11 is 0. The minimum Gasteiger partial charge on any atom is -0.477 e. The van der Waals surface area contributed by atoms with E-state index in [1.165, 1.54) is 10.9 Å². The van der Waals surface area contributed by atoms with Crippen molar-refractivity contribution in [3.63, 3.8) is 0 Å². The second kappa shape index (κ2) is 5.81. The molecule has 1 aromatic rings. The Morgan fingerprint density at radius 3 is 2.79 bits per heavy atom. The topological polar surface area (TPSA) is 96.7 Å². The van der Waals surface area contributed by atoms with Crippen LogP contribution in [0.15, 0.2) is 6.20 Å². The van der Waals surface area contributed by atoms with Gasteiger partial charge in [-0.2, -0.15) is 5.10 Å². The Labute approximate surface area is 109 Å². The highest BCUT2D eigenvalue weighted by atomic mass is 16.5. The van der Waals surface area contributed by atoms with Crippen LogP contribution in [-0.4, -0.2) is 64.5 Å². The Bertz CT molecular complexity index is 479. The molecule has 1 aromatic heterocycles. The summed E-state index contributed by atoms with van der Waals surface area (Å²) in [4.78, 5) is 24.8. The van der Waals surface area contributed by atoms with E-state index in [4.69, 9.17) is 9.84 Å². The van der Waals surface area contributed by atoms with Crippen LogP contribution in [0.2, 0.25) is 0 Å². The Morgan fingerprint density at radius 2 is 2.16 bits per heavy atom. The van der Waals surface area contributed by atoms with Gasteiger partial charge in [-0.1, -0.05) is 0 Å². The zero-order valence-corrected chi connectivity index (χ0v) is 10.6. The van der Waals surface area contributed by atoms with Crippen LogP contribution in [0.4, 0.5) is 5.82 Å². The SMILES string of the molecule is Cn1ncc(C(=O)O)c1NC(=O)CN1CCOCC1. The zero-order chi connectivity index (χ0) is 13.8. The molecule has 1 aliphatic rings. The van der Waals surface area contributed by atoms with Crippen LogP contribution in [0, 0.1) is 0 Å². The van der Waals surface area contributed by atoms with E-state index in [2.05, 4.69) is 10.4 Å². The Morgan fingerprint density at radius 1 is 1.47 bits per heavy atom. The summed E-state index contributed by atoms with van der Waals surface area (Å²) in [6.45, 7) is 2.83. The van der Waals surface area contributed by atoms with Crippen molar-refractivity contribution in [2.75, 3.05) is 38.2 Å². The number of carbonyl (C=O) groups is 2. The van der Waals surface area contributed by atoms with E-state index < -0.39 is 5.97 Å². The number of nitrogens with one attached hydrogen (secondary N) is 1. The molecule has 1 amide bonds. The van der Waals surface area contributed by atoms with Gasteiger partial charge >= 0.3 is 5.97 Å². The van der Waals surface area contributed by atoms with Gasteiger partial charge in [0, 0.05) is 20.1 Å². The van der Waals surface area contributed by atoms with E-state index in [0.29, 0.717) is 26.3 Å². The van der Waals surface area contributed by atoms with Crippen molar-refractivity contribution in [2.24, 2.45) is 7.05 Å². The zero-order valence-electron chi connectivity index (χ0n) is 10.6. The number of hydrogen-bond donors (Lipinski definition) is 2. The third-order valence-electron chi connectivity index (χ3n) is 2.90. The number of aromatic nitrogens is 2. The molecule has 0 spiro atoms. The van der Waals surface area contributed by atoms with Gasteiger partial charge in [-0.25, -0.2) is 4.79 Å². The second-order valence-electron chi connectivity index (χ2n) is 4.27. The molecule has 0 saturated carbocycles. The average Bonchev–Trinajstić information content (AvgIpc) is 2.72. The fraction of sp³-hybridized carbons (Fsp3) is 0.545. The number of carbonyl (C=O) groups excluding carboxylic acids is 1. The van der Waals surface area contributed by atoms with Crippen molar-refractivity contribution in [2.45, 2.75) is 0 Å². The molecule has 0 bridgehead atoms. The fourth-order valence-corrected chi connectivity index (χ4v) is 1.88. The van der Waals surface area contributed by atoms with E-state index in [0.717, 1.165) is 0 Å². The lowest BCUT2D eigenvalue weighted by atomic mass is 10.3. The highest BCUT2D eigenvalue weighted by Crippen LogP contribution is 2.13. The number of hydrogen-bond acceptors (Lipinski definition) is 5. The fourth-order valence-electron chi connectivity index (χ4n) is 1.88. The molecule has 104 valence electrons. The van der Waals surface area contributed by atoms with Gasteiger partial charge < -0.3 is 15.2 Å². The maximum Gasteiger partial charge on any atom is 0.341 e. The van der Waals surface area contributed by atoms with Crippen molar-refractivity contribution >= 4 is 17.7 Å². The summed E-state index contributed by atoms with van der Waals surface area (Å²) in [5, 5.41) is 15.4. The van der Waals surface area contributed by atoms with Crippen LogP contribution >= 0.6 is 0 Å². The molecule has 0 radical (unpaired) electrons. The number of ether oxygens (including phenoxy) is 1. The van der Waals surface area contributed by atoms with Gasteiger partial charge in [-0.15, -0.1) is 0 Å². The number of nitrogens with zero attached hydrogens (tertiary/aromatic N) is 3. The first-order valence-corrected chi connectivity index (χ1v) is 5.93. The average molecular weight is 268 g/mol. The minimum atomic E-state index is -1.12. The number of rotatable bonds is 4. The number of amides is 1. The molecular formula is C11H16N4O4. The first-order valence-electron chi connectivity index (χ1n) is 5.93. The Balaban J connectivity index is 1.98. The van der Waals surface area contributed by atoms with Crippen LogP contribution in [0.25, 0.3) is 0 Å². The monoisotopic (exact) mass is 268 g/mol. The van der Waals surface area contributed by atoms with Crippen LogP contribution in [0.5, 0.6) is 0 Å². The summed E-state index contributed by atoms with van der Waals surface area (Å²) in [6.07, 6.45) is 1.21. The maximum absolute atomic E-state index is 11.9. The smallest absolute Gasteiger partial charge is 0.341 e. The lowest BCUT2D eigenvalue weighted by Gasteiger charge is -2.25. The Kier molecular flexibility index (Phi) is 4.13.